The minimum Gasteiger partial charge on any atom is -0.481 e. The first-order valence-electron chi connectivity index (χ1n) is 7.32. The van der Waals surface area contributed by atoms with E-state index in [1.807, 2.05) is 30.8 Å². The van der Waals surface area contributed by atoms with Crippen molar-refractivity contribution in [2.45, 2.75) is 64.8 Å². The van der Waals surface area contributed by atoms with Crippen LogP contribution in [0.5, 0.6) is 0 Å². The number of nitrogens with zero attached hydrogens (tertiary/aromatic N) is 2. The van der Waals surface area contributed by atoms with E-state index < -0.39 is 11.4 Å². The van der Waals surface area contributed by atoms with Crippen LogP contribution in [0.2, 0.25) is 0 Å². The molecule has 0 aliphatic heterocycles. The molecule has 1 aromatic rings. The van der Waals surface area contributed by atoms with Gasteiger partial charge in [-0.3, -0.25) is 9.48 Å². The van der Waals surface area contributed by atoms with Crippen LogP contribution < -0.4 is 0 Å². The van der Waals surface area contributed by atoms with Crippen LogP contribution in [0.1, 0.15) is 64.1 Å². The highest BCUT2D eigenvalue weighted by Crippen LogP contribution is 2.31. The third-order valence-electron chi connectivity index (χ3n) is 4.25. The van der Waals surface area contributed by atoms with E-state index >= 15 is 0 Å². The van der Waals surface area contributed by atoms with Crippen LogP contribution in [-0.4, -0.2) is 20.9 Å². The zero-order valence-corrected chi connectivity index (χ0v) is 11.9. The molecular weight excluding hydrogens is 240 g/mol. The fourth-order valence-corrected chi connectivity index (χ4v) is 3.07. The Balaban J connectivity index is 2.07. The van der Waals surface area contributed by atoms with Gasteiger partial charge in [0.15, 0.2) is 0 Å². The Bertz CT molecular complexity index is 435. The maximum Gasteiger partial charge on any atom is 0.309 e. The number of carboxylic acids is 1. The number of aromatic nitrogens is 2. The molecule has 0 spiro atoms. The predicted molar refractivity (Wildman–Crippen MR) is 74.1 cm³/mol. The Kier molecular flexibility index (Phi) is 4.27. The lowest BCUT2D eigenvalue weighted by molar-refractivity contribution is -0.148. The van der Waals surface area contributed by atoms with Gasteiger partial charge in [-0.1, -0.05) is 26.2 Å². The molecule has 1 heterocycles. The first-order chi connectivity index (χ1) is 9.05. The highest BCUT2D eigenvalue weighted by molar-refractivity contribution is 5.74. The summed E-state index contributed by atoms with van der Waals surface area (Å²) in [6.45, 7) is 3.85. The summed E-state index contributed by atoms with van der Waals surface area (Å²) in [5, 5.41) is 14.0. The van der Waals surface area contributed by atoms with Gasteiger partial charge in [-0.2, -0.15) is 5.10 Å². The summed E-state index contributed by atoms with van der Waals surface area (Å²) in [6.07, 6.45) is 9.07. The topological polar surface area (TPSA) is 55.1 Å². The minimum atomic E-state index is -0.718. The molecule has 0 aromatic carbocycles. The van der Waals surface area contributed by atoms with Gasteiger partial charge in [0.1, 0.15) is 0 Å². The molecule has 2 rings (SSSR count). The maximum absolute atomic E-state index is 11.4. The lowest BCUT2D eigenvalue weighted by atomic mass is 9.81. The first-order valence-corrected chi connectivity index (χ1v) is 7.32. The molecule has 1 unspecified atom stereocenters. The van der Waals surface area contributed by atoms with Gasteiger partial charge in [-0.25, -0.2) is 0 Å². The Hall–Kier alpha value is -1.32. The van der Waals surface area contributed by atoms with Gasteiger partial charge in [-0.05, 0) is 32.3 Å². The summed E-state index contributed by atoms with van der Waals surface area (Å²) in [5.41, 5.74) is 0.217. The standard InChI is InChI=1S/C15H24N2O2/c1-3-9-15(2,14(18)19)11-12-8-10-17(16-12)13-6-4-5-7-13/h8,10,13H,3-7,9,11H2,1-2H3,(H,18,19). The van der Waals surface area contributed by atoms with Crippen molar-refractivity contribution in [3.63, 3.8) is 0 Å². The first kappa shape index (κ1) is 14.1. The molecule has 4 heteroatoms. The molecule has 1 fully saturated rings. The number of hydrogen-bond acceptors (Lipinski definition) is 2. The minimum absolute atomic E-state index is 0.524. The summed E-state index contributed by atoms with van der Waals surface area (Å²) in [6, 6.07) is 2.51. The predicted octanol–water partition coefficient (Wildman–Crippen LogP) is 3.43. The second kappa shape index (κ2) is 5.76. The van der Waals surface area contributed by atoms with Crippen LogP contribution in [0.3, 0.4) is 0 Å². The average Bonchev–Trinajstić information content (AvgIpc) is 2.98. The molecular formula is C15H24N2O2. The second-order valence-electron chi connectivity index (χ2n) is 6.02. The Morgan fingerprint density at radius 2 is 2.21 bits per heavy atom. The molecule has 19 heavy (non-hydrogen) atoms. The maximum atomic E-state index is 11.4. The molecule has 1 aromatic heterocycles. The lowest BCUT2D eigenvalue weighted by Crippen LogP contribution is -2.30. The number of rotatable bonds is 6. The summed E-state index contributed by atoms with van der Waals surface area (Å²) in [7, 11) is 0. The monoisotopic (exact) mass is 264 g/mol. The van der Waals surface area contributed by atoms with E-state index in [0.717, 1.165) is 12.1 Å². The fourth-order valence-electron chi connectivity index (χ4n) is 3.07. The summed E-state index contributed by atoms with van der Waals surface area (Å²) in [4.78, 5) is 11.4. The van der Waals surface area contributed by atoms with Crippen LogP contribution in [0.25, 0.3) is 0 Å². The van der Waals surface area contributed by atoms with Gasteiger partial charge in [0.2, 0.25) is 0 Å². The van der Waals surface area contributed by atoms with Crippen molar-refractivity contribution in [2.24, 2.45) is 5.41 Å². The number of aliphatic carboxylic acids is 1. The van der Waals surface area contributed by atoms with Gasteiger partial charge < -0.3 is 5.11 Å². The van der Waals surface area contributed by atoms with E-state index in [4.69, 9.17) is 0 Å². The van der Waals surface area contributed by atoms with Crippen molar-refractivity contribution in [3.8, 4) is 0 Å². The van der Waals surface area contributed by atoms with Gasteiger partial charge in [0, 0.05) is 12.6 Å². The molecule has 0 bridgehead atoms. The van der Waals surface area contributed by atoms with Gasteiger partial charge in [0.25, 0.3) is 0 Å². The van der Waals surface area contributed by atoms with Gasteiger partial charge >= 0.3 is 5.97 Å². The van der Waals surface area contributed by atoms with E-state index in [-0.39, 0.29) is 0 Å². The van der Waals surface area contributed by atoms with Crippen molar-refractivity contribution in [1.29, 1.82) is 0 Å². The third-order valence-corrected chi connectivity index (χ3v) is 4.25. The average molecular weight is 264 g/mol. The Morgan fingerprint density at radius 3 is 2.79 bits per heavy atom. The van der Waals surface area contributed by atoms with Crippen molar-refractivity contribution in [1.82, 2.24) is 9.78 Å². The van der Waals surface area contributed by atoms with Crippen LogP contribution in [-0.2, 0) is 11.2 Å². The van der Waals surface area contributed by atoms with Crippen LogP contribution in [0, 0.1) is 5.41 Å². The highest BCUT2D eigenvalue weighted by Gasteiger charge is 2.33. The largest absolute Gasteiger partial charge is 0.481 e. The Morgan fingerprint density at radius 1 is 1.53 bits per heavy atom. The van der Waals surface area contributed by atoms with E-state index in [9.17, 15) is 9.90 Å². The van der Waals surface area contributed by atoms with Crippen molar-refractivity contribution >= 4 is 5.97 Å². The van der Waals surface area contributed by atoms with Crippen LogP contribution in [0.4, 0.5) is 0 Å². The summed E-state index contributed by atoms with van der Waals surface area (Å²) < 4.78 is 2.04. The van der Waals surface area contributed by atoms with Gasteiger partial charge in [0.05, 0.1) is 17.2 Å². The number of carboxylic acid groups (broad SMARTS) is 1. The molecule has 1 aliphatic rings. The SMILES string of the molecule is CCCC(C)(Cc1ccn(C2CCCC2)n1)C(=O)O. The second-order valence-corrected chi connectivity index (χ2v) is 6.02. The summed E-state index contributed by atoms with van der Waals surface area (Å²) in [5.74, 6) is -0.718. The zero-order valence-electron chi connectivity index (χ0n) is 11.9. The number of carbonyl (C=O) groups is 1. The number of hydrogen-bond donors (Lipinski definition) is 1. The van der Waals surface area contributed by atoms with E-state index in [0.29, 0.717) is 18.9 Å². The lowest BCUT2D eigenvalue weighted by Gasteiger charge is -2.23. The van der Waals surface area contributed by atoms with E-state index in [1.165, 1.54) is 25.7 Å². The molecule has 4 nitrogen and oxygen atoms in total. The molecule has 1 aliphatic carbocycles. The normalized spacial score (nSPS) is 19.5. The van der Waals surface area contributed by atoms with Crippen molar-refractivity contribution in [2.75, 3.05) is 0 Å². The highest BCUT2D eigenvalue weighted by atomic mass is 16.4. The van der Waals surface area contributed by atoms with Crippen LogP contribution in [0.15, 0.2) is 12.3 Å². The molecule has 1 atom stereocenters. The molecule has 1 N–H and O–H groups in total. The van der Waals surface area contributed by atoms with Crippen LogP contribution >= 0.6 is 0 Å². The third kappa shape index (κ3) is 3.17. The Labute approximate surface area is 114 Å². The molecule has 0 amide bonds. The molecule has 106 valence electrons. The smallest absolute Gasteiger partial charge is 0.309 e. The van der Waals surface area contributed by atoms with E-state index in [2.05, 4.69) is 5.10 Å². The quantitative estimate of drug-likeness (QED) is 0.856. The summed E-state index contributed by atoms with van der Waals surface area (Å²) >= 11 is 0. The zero-order chi connectivity index (χ0) is 13.9. The molecule has 1 saturated carbocycles. The van der Waals surface area contributed by atoms with Gasteiger partial charge in [-0.15, -0.1) is 0 Å². The fraction of sp³-hybridized carbons (Fsp3) is 0.733. The molecule has 0 radical (unpaired) electrons. The van der Waals surface area contributed by atoms with Crippen molar-refractivity contribution in [3.05, 3.63) is 18.0 Å². The van der Waals surface area contributed by atoms with Crippen molar-refractivity contribution < 1.29 is 9.90 Å². The molecule has 0 saturated heterocycles. The van der Waals surface area contributed by atoms with E-state index in [1.54, 1.807) is 0 Å².